The van der Waals surface area contributed by atoms with E-state index in [2.05, 4.69) is 30.3 Å². The zero-order chi connectivity index (χ0) is 15.5. The smallest absolute Gasteiger partial charge is 0.160 e. The number of hydrogen-bond acceptors (Lipinski definition) is 2. The molecule has 0 saturated carbocycles. The van der Waals surface area contributed by atoms with Crippen molar-refractivity contribution >= 4 is 0 Å². The molecule has 22 heavy (non-hydrogen) atoms. The second kappa shape index (κ2) is 9.88. The molecule has 118 valence electrons. The van der Waals surface area contributed by atoms with Gasteiger partial charge in [-0.3, -0.25) is 0 Å². The summed E-state index contributed by atoms with van der Waals surface area (Å²) in [5, 5.41) is 9.58. The molecule has 0 atom stereocenters. The van der Waals surface area contributed by atoms with Crippen LogP contribution in [0.15, 0.2) is 54.6 Å². The SMILES string of the molecule is Oc1ccccc1OCCCCCCCCc1ccccc1. The lowest BCUT2D eigenvalue weighted by Gasteiger charge is -2.07. The van der Waals surface area contributed by atoms with E-state index in [-0.39, 0.29) is 5.75 Å². The van der Waals surface area contributed by atoms with Crippen LogP contribution in [0, 0.1) is 0 Å². The van der Waals surface area contributed by atoms with Crippen molar-refractivity contribution in [2.45, 2.75) is 44.9 Å². The summed E-state index contributed by atoms with van der Waals surface area (Å²) >= 11 is 0. The minimum Gasteiger partial charge on any atom is -0.504 e. The summed E-state index contributed by atoms with van der Waals surface area (Å²) in [6.07, 6.45) is 8.57. The first-order valence-electron chi connectivity index (χ1n) is 8.31. The zero-order valence-electron chi connectivity index (χ0n) is 13.2. The van der Waals surface area contributed by atoms with Crippen molar-refractivity contribution in [1.29, 1.82) is 0 Å². The molecule has 0 aliphatic heterocycles. The van der Waals surface area contributed by atoms with E-state index in [1.807, 2.05) is 6.07 Å². The molecule has 2 rings (SSSR count). The summed E-state index contributed by atoms with van der Waals surface area (Å²) in [6.45, 7) is 0.682. The third-order valence-electron chi connectivity index (χ3n) is 3.83. The van der Waals surface area contributed by atoms with Crippen molar-refractivity contribution < 1.29 is 9.84 Å². The fourth-order valence-electron chi connectivity index (χ4n) is 2.54. The molecule has 0 amide bonds. The second-order valence-electron chi connectivity index (χ2n) is 5.67. The van der Waals surface area contributed by atoms with E-state index in [1.165, 1.54) is 44.1 Å². The molecule has 0 fully saturated rings. The number of phenols is 1. The predicted octanol–water partition coefficient (Wildman–Crippen LogP) is 5.35. The number of aryl methyl sites for hydroxylation is 1. The standard InChI is InChI=1S/C20H26O2/c21-19-15-9-10-16-20(19)22-17-11-4-2-1-3-6-12-18-13-7-5-8-14-18/h5,7-10,13-16,21H,1-4,6,11-12,17H2. The molecule has 0 bridgehead atoms. The predicted molar refractivity (Wildman–Crippen MR) is 91.4 cm³/mol. The summed E-state index contributed by atoms with van der Waals surface area (Å²) in [5.41, 5.74) is 1.44. The van der Waals surface area contributed by atoms with Crippen LogP contribution in [0.2, 0.25) is 0 Å². The Kier molecular flexibility index (Phi) is 7.37. The van der Waals surface area contributed by atoms with Crippen LogP contribution in [-0.4, -0.2) is 11.7 Å². The quantitative estimate of drug-likeness (QED) is 0.599. The van der Waals surface area contributed by atoms with E-state index in [9.17, 15) is 5.11 Å². The van der Waals surface area contributed by atoms with E-state index >= 15 is 0 Å². The molecule has 2 nitrogen and oxygen atoms in total. The maximum absolute atomic E-state index is 9.58. The lowest BCUT2D eigenvalue weighted by molar-refractivity contribution is 0.289. The summed E-state index contributed by atoms with van der Waals surface area (Å²) in [6, 6.07) is 17.8. The average Bonchev–Trinajstić information content (AvgIpc) is 2.56. The maximum atomic E-state index is 9.58. The number of benzene rings is 2. The Labute approximate surface area is 133 Å². The molecule has 0 radical (unpaired) electrons. The first-order valence-corrected chi connectivity index (χ1v) is 8.31. The molecule has 0 aromatic heterocycles. The highest BCUT2D eigenvalue weighted by Crippen LogP contribution is 2.24. The Hall–Kier alpha value is -1.96. The lowest BCUT2D eigenvalue weighted by Crippen LogP contribution is -1.97. The van der Waals surface area contributed by atoms with Gasteiger partial charge in [-0.1, -0.05) is 68.1 Å². The first-order chi connectivity index (χ1) is 10.9. The van der Waals surface area contributed by atoms with Gasteiger partial charge in [-0.15, -0.1) is 0 Å². The van der Waals surface area contributed by atoms with Crippen LogP contribution in [0.4, 0.5) is 0 Å². The third kappa shape index (κ3) is 6.21. The van der Waals surface area contributed by atoms with Gasteiger partial charge in [0.15, 0.2) is 11.5 Å². The van der Waals surface area contributed by atoms with Crippen molar-refractivity contribution in [3.8, 4) is 11.5 Å². The Balaban J connectivity index is 1.44. The molecule has 0 unspecified atom stereocenters. The first kappa shape index (κ1) is 16.4. The number of para-hydroxylation sites is 2. The highest BCUT2D eigenvalue weighted by atomic mass is 16.5. The van der Waals surface area contributed by atoms with E-state index in [1.54, 1.807) is 18.2 Å². The zero-order valence-corrected chi connectivity index (χ0v) is 13.2. The number of hydrogen-bond donors (Lipinski definition) is 1. The lowest BCUT2D eigenvalue weighted by atomic mass is 10.1. The highest BCUT2D eigenvalue weighted by molar-refractivity contribution is 5.37. The van der Waals surface area contributed by atoms with Crippen LogP contribution in [-0.2, 0) is 6.42 Å². The van der Waals surface area contributed by atoms with Gasteiger partial charge >= 0.3 is 0 Å². The monoisotopic (exact) mass is 298 g/mol. The molecule has 2 heteroatoms. The Morgan fingerprint density at radius 3 is 2.09 bits per heavy atom. The molecular weight excluding hydrogens is 272 g/mol. The van der Waals surface area contributed by atoms with Crippen molar-refractivity contribution in [1.82, 2.24) is 0 Å². The van der Waals surface area contributed by atoms with E-state index in [4.69, 9.17) is 4.74 Å². The number of unbranched alkanes of at least 4 members (excludes halogenated alkanes) is 5. The second-order valence-corrected chi connectivity index (χ2v) is 5.67. The van der Waals surface area contributed by atoms with Gasteiger partial charge in [0, 0.05) is 0 Å². The van der Waals surface area contributed by atoms with Gasteiger partial charge in [0.25, 0.3) is 0 Å². The van der Waals surface area contributed by atoms with Gasteiger partial charge in [0.05, 0.1) is 6.61 Å². The van der Waals surface area contributed by atoms with E-state index in [0.29, 0.717) is 12.4 Å². The van der Waals surface area contributed by atoms with Gasteiger partial charge in [-0.05, 0) is 37.0 Å². The van der Waals surface area contributed by atoms with Gasteiger partial charge in [0.1, 0.15) is 0 Å². The summed E-state index contributed by atoms with van der Waals surface area (Å²) < 4.78 is 5.57. The molecule has 0 aliphatic rings. The molecule has 2 aromatic carbocycles. The largest absolute Gasteiger partial charge is 0.504 e. The van der Waals surface area contributed by atoms with Crippen LogP contribution in [0.1, 0.15) is 44.1 Å². The molecule has 2 aromatic rings. The number of aromatic hydroxyl groups is 1. The Morgan fingerprint density at radius 2 is 1.32 bits per heavy atom. The normalized spacial score (nSPS) is 10.5. The topological polar surface area (TPSA) is 29.5 Å². The fraction of sp³-hybridized carbons (Fsp3) is 0.400. The Morgan fingerprint density at radius 1 is 0.682 bits per heavy atom. The molecule has 0 spiro atoms. The molecule has 0 saturated heterocycles. The van der Waals surface area contributed by atoms with Crippen molar-refractivity contribution in [2.75, 3.05) is 6.61 Å². The van der Waals surface area contributed by atoms with Gasteiger partial charge in [0.2, 0.25) is 0 Å². The minimum absolute atomic E-state index is 0.225. The summed E-state index contributed by atoms with van der Waals surface area (Å²) in [4.78, 5) is 0. The van der Waals surface area contributed by atoms with Crippen LogP contribution in [0.3, 0.4) is 0 Å². The van der Waals surface area contributed by atoms with Crippen LogP contribution in [0.25, 0.3) is 0 Å². The summed E-state index contributed by atoms with van der Waals surface area (Å²) in [7, 11) is 0. The number of ether oxygens (including phenoxy) is 1. The fourth-order valence-corrected chi connectivity index (χ4v) is 2.54. The molecule has 0 aliphatic carbocycles. The van der Waals surface area contributed by atoms with Crippen LogP contribution < -0.4 is 4.74 Å². The van der Waals surface area contributed by atoms with Crippen molar-refractivity contribution in [2.24, 2.45) is 0 Å². The van der Waals surface area contributed by atoms with Gasteiger partial charge < -0.3 is 9.84 Å². The number of phenolic OH excluding ortho intramolecular Hbond substituents is 1. The molecular formula is C20H26O2. The third-order valence-corrected chi connectivity index (χ3v) is 3.83. The van der Waals surface area contributed by atoms with Gasteiger partial charge in [-0.2, -0.15) is 0 Å². The van der Waals surface area contributed by atoms with Crippen LogP contribution in [0.5, 0.6) is 11.5 Å². The number of rotatable bonds is 10. The molecule has 1 N–H and O–H groups in total. The highest BCUT2D eigenvalue weighted by Gasteiger charge is 1.99. The van der Waals surface area contributed by atoms with Gasteiger partial charge in [-0.25, -0.2) is 0 Å². The molecule has 0 heterocycles. The average molecular weight is 298 g/mol. The summed E-state index contributed by atoms with van der Waals surface area (Å²) in [5.74, 6) is 0.814. The Bertz CT molecular complexity index is 522. The van der Waals surface area contributed by atoms with Crippen molar-refractivity contribution in [3.63, 3.8) is 0 Å². The minimum atomic E-state index is 0.225. The van der Waals surface area contributed by atoms with Crippen LogP contribution >= 0.6 is 0 Å². The van der Waals surface area contributed by atoms with E-state index in [0.717, 1.165) is 6.42 Å². The maximum Gasteiger partial charge on any atom is 0.160 e. The van der Waals surface area contributed by atoms with E-state index < -0.39 is 0 Å². The van der Waals surface area contributed by atoms with Crippen molar-refractivity contribution in [3.05, 3.63) is 60.2 Å².